The first kappa shape index (κ1) is 64.0. The van der Waals surface area contributed by atoms with E-state index in [-0.39, 0.29) is 0 Å². The van der Waals surface area contributed by atoms with Crippen LogP contribution in [0, 0.1) is 0 Å². The Kier molecular flexibility index (Phi) is 14.3. The Hall–Kier alpha value is -15.1. The third kappa shape index (κ3) is 9.78. The summed E-state index contributed by atoms with van der Waals surface area (Å²) < 4.78 is 21.6. The molecule has 9 heteroatoms. The molecule has 0 saturated carbocycles. The van der Waals surface area contributed by atoms with E-state index in [0.29, 0.717) is 46.4 Å². The average Bonchev–Trinajstić information content (AvgIpc) is 1.57. The molecule has 1 unspecified atom stereocenters. The predicted octanol–water partition coefficient (Wildman–Crippen LogP) is 25.6. The minimum atomic E-state index is -0.871. The van der Waals surface area contributed by atoms with Crippen molar-refractivity contribution < 1.29 is 13.9 Å². The molecule has 1 atom stereocenters. The SMILES string of the molecule is c1ccc(-c2cccc(-c3nc(-c4cccc(-c5ccccc5)c4)nc(-c4cccc5c4Oc4ccccc4C54c5ccccc5-c5c(-c6cc(-c7ccc(-c8nc(-c9ccccc9)nc(-c9cccc%10c9Oc9ccccc9C%109c%10ccccc%10-c%10ccccc%109)n8)cc7)c7oc8ccccc8c7c6)cccc54)n3)c2)cc1. The van der Waals surface area contributed by atoms with Gasteiger partial charge in [0.05, 0.1) is 22.0 Å². The molecule has 9 nitrogen and oxygen atoms in total. The number of hydrogen-bond acceptors (Lipinski definition) is 9. The van der Waals surface area contributed by atoms with E-state index in [1.165, 1.54) is 22.3 Å². The van der Waals surface area contributed by atoms with Crippen molar-refractivity contribution in [3.05, 3.63) is 421 Å². The highest BCUT2D eigenvalue weighted by molar-refractivity contribution is 6.12. The van der Waals surface area contributed by atoms with Gasteiger partial charge in [-0.3, -0.25) is 0 Å². The van der Waals surface area contributed by atoms with Crippen molar-refractivity contribution in [3.63, 3.8) is 0 Å². The van der Waals surface area contributed by atoms with Crippen LogP contribution < -0.4 is 9.47 Å². The molecule has 0 N–H and O–H groups in total. The van der Waals surface area contributed by atoms with Gasteiger partial charge in [0.15, 0.2) is 34.9 Å². The molecule has 0 saturated heterocycles. The smallest absolute Gasteiger partial charge is 0.167 e. The molecule has 0 fully saturated rings. The van der Waals surface area contributed by atoms with Crippen LogP contribution in [-0.4, -0.2) is 29.9 Å². The van der Waals surface area contributed by atoms with Crippen LogP contribution in [0.15, 0.2) is 381 Å². The number of fused-ring (bicyclic) bond motifs is 21. The summed E-state index contributed by atoms with van der Waals surface area (Å²) in [6, 6.07) is 133. The summed E-state index contributed by atoms with van der Waals surface area (Å²) in [5, 5.41) is 2.03. The Balaban J connectivity index is 0.673. The van der Waals surface area contributed by atoms with Crippen LogP contribution in [0.25, 0.3) is 157 Å². The van der Waals surface area contributed by atoms with Gasteiger partial charge in [-0.1, -0.05) is 322 Å². The maximum Gasteiger partial charge on any atom is 0.167 e. The van der Waals surface area contributed by atoms with Gasteiger partial charge in [-0.05, 0) is 138 Å². The van der Waals surface area contributed by atoms with E-state index < -0.39 is 10.8 Å². The Morgan fingerprint density at radius 1 is 0.195 bits per heavy atom. The molecule has 526 valence electrons. The number of para-hydroxylation sites is 5. The fraction of sp³-hybridized carbons (Fsp3) is 0.0192. The molecule has 2 aliphatic heterocycles. The van der Waals surface area contributed by atoms with E-state index in [2.05, 4.69) is 322 Å². The normalized spacial score (nSPS) is 14.1. The third-order valence-electron chi connectivity index (χ3n) is 23.3. The van der Waals surface area contributed by atoms with Gasteiger partial charge in [0.25, 0.3) is 0 Å². The topological polar surface area (TPSA) is 109 Å². The second-order valence-electron chi connectivity index (χ2n) is 29.4. The monoisotopic (exact) mass is 1440 g/mol. The lowest BCUT2D eigenvalue weighted by Gasteiger charge is -2.40. The maximum atomic E-state index is 7.41. The molecule has 16 aromatic carbocycles. The van der Waals surface area contributed by atoms with Crippen molar-refractivity contribution in [3.8, 4) is 158 Å². The Morgan fingerprint density at radius 2 is 0.558 bits per heavy atom. The number of rotatable bonds is 10. The zero-order valence-corrected chi connectivity index (χ0v) is 60.7. The molecule has 0 amide bonds. The fourth-order valence-corrected chi connectivity index (χ4v) is 18.5. The molecule has 2 spiro atoms. The highest BCUT2D eigenvalue weighted by atomic mass is 16.5. The summed E-state index contributed by atoms with van der Waals surface area (Å²) in [5.74, 6) is 6.08. The first-order valence-electron chi connectivity index (χ1n) is 38.2. The predicted molar refractivity (Wildman–Crippen MR) is 450 cm³/mol. The molecule has 113 heavy (non-hydrogen) atoms. The van der Waals surface area contributed by atoms with Crippen LogP contribution in [0.5, 0.6) is 23.0 Å². The number of benzene rings is 16. The standard InChI is InChI=1S/C104H62N6O3/c1-4-27-63(28-5-1)68-33-22-35-70(59-68)99-106-100(71-36-23-34-69(60-71)64-29-6-2-7-30-64)110-102(109-99)79-43-26-51-89-96(79)113-92-54-21-18-48-86(92)104(89)84-46-16-12-40-77(84)93-73(41-24-49-87(93)104)72-61-80(94-81(62-72)76-39-13-19-52-90(76)111-94)65-55-57-67(58-56-65)98-105-97(66-31-8-3-9-32-66)107-101(108-98)78-42-25-50-88-95(78)112-91-53-20-17-47-85(91)103(88)82-44-14-10-37-74(82)75-38-11-15-45-83(75)103/h1-62H. The highest BCUT2D eigenvalue weighted by Crippen LogP contribution is 2.66. The van der Waals surface area contributed by atoms with E-state index in [1.807, 2.05) is 54.6 Å². The molecule has 23 rings (SSSR count). The number of nitrogens with zero attached hydrogens (tertiary/aromatic N) is 6. The number of hydrogen-bond donors (Lipinski definition) is 0. The average molecular weight is 1440 g/mol. The van der Waals surface area contributed by atoms with Gasteiger partial charge in [-0.25, -0.2) is 29.9 Å². The van der Waals surface area contributed by atoms with Crippen molar-refractivity contribution in [1.29, 1.82) is 0 Å². The van der Waals surface area contributed by atoms with Crippen LogP contribution in [-0.2, 0) is 10.8 Å². The quantitative estimate of drug-likeness (QED) is 0.132. The molecule has 3 aromatic heterocycles. The van der Waals surface area contributed by atoms with Crippen LogP contribution in [0.2, 0.25) is 0 Å². The van der Waals surface area contributed by atoms with Gasteiger partial charge in [0.1, 0.15) is 34.2 Å². The molecule has 0 radical (unpaired) electrons. The number of aromatic nitrogens is 6. The van der Waals surface area contributed by atoms with Crippen LogP contribution >= 0.6 is 0 Å². The lowest BCUT2D eigenvalue weighted by atomic mass is 9.65. The minimum absolute atomic E-state index is 0.492. The zero-order chi connectivity index (χ0) is 74.3. The molecule has 2 aliphatic carbocycles. The fourth-order valence-electron chi connectivity index (χ4n) is 18.5. The number of ether oxygens (including phenoxy) is 2. The second kappa shape index (κ2) is 25.3. The number of furan rings is 1. The zero-order valence-electron chi connectivity index (χ0n) is 60.7. The first-order valence-corrected chi connectivity index (χ1v) is 38.2. The first-order chi connectivity index (χ1) is 56.0. The van der Waals surface area contributed by atoms with Crippen LogP contribution in [0.4, 0.5) is 0 Å². The van der Waals surface area contributed by atoms with E-state index in [0.717, 1.165) is 156 Å². The molecular formula is C104H62N6O3. The maximum absolute atomic E-state index is 7.41. The van der Waals surface area contributed by atoms with Crippen molar-refractivity contribution in [2.75, 3.05) is 0 Å². The largest absolute Gasteiger partial charge is 0.456 e. The van der Waals surface area contributed by atoms with Gasteiger partial charge >= 0.3 is 0 Å². The van der Waals surface area contributed by atoms with E-state index >= 15 is 0 Å². The summed E-state index contributed by atoms with van der Waals surface area (Å²) in [6.45, 7) is 0. The summed E-state index contributed by atoms with van der Waals surface area (Å²) >= 11 is 0. The van der Waals surface area contributed by atoms with E-state index in [4.69, 9.17) is 43.8 Å². The summed E-state index contributed by atoms with van der Waals surface area (Å²) in [6.07, 6.45) is 0. The lowest BCUT2D eigenvalue weighted by Crippen LogP contribution is -2.32. The van der Waals surface area contributed by atoms with Crippen molar-refractivity contribution in [2.45, 2.75) is 10.8 Å². The van der Waals surface area contributed by atoms with Crippen LogP contribution in [0.3, 0.4) is 0 Å². The van der Waals surface area contributed by atoms with E-state index in [9.17, 15) is 0 Å². The third-order valence-corrected chi connectivity index (χ3v) is 23.3. The van der Waals surface area contributed by atoms with Gasteiger partial charge in [-0.2, -0.15) is 0 Å². The van der Waals surface area contributed by atoms with Crippen molar-refractivity contribution >= 4 is 21.9 Å². The Labute approximate surface area is 651 Å². The van der Waals surface area contributed by atoms with Crippen molar-refractivity contribution in [1.82, 2.24) is 29.9 Å². The van der Waals surface area contributed by atoms with Gasteiger partial charge < -0.3 is 13.9 Å². The molecule has 0 bridgehead atoms. The summed E-state index contributed by atoms with van der Waals surface area (Å²) in [4.78, 5) is 32.4. The Bertz CT molecular complexity index is 6990. The van der Waals surface area contributed by atoms with Crippen LogP contribution in [0.1, 0.15) is 44.5 Å². The summed E-state index contributed by atoms with van der Waals surface area (Å²) in [7, 11) is 0. The Morgan fingerprint density at radius 3 is 1.11 bits per heavy atom. The molecular weight excluding hydrogens is 1380 g/mol. The molecule has 5 heterocycles. The van der Waals surface area contributed by atoms with Gasteiger partial charge in [-0.15, -0.1) is 0 Å². The van der Waals surface area contributed by atoms with Gasteiger partial charge in [0, 0.05) is 60.8 Å². The highest BCUT2D eigenvalue weighted by Gasteiger charge is 2.54. The van der Waals surface area contributed by atoms with E-state index in [1.54, 1.807) is 0 Å². The second-order valence-corrected chi connectivity index (χ2v) is 29.4. The molecule has 4 aliphatic rings. The van der Waals surface area contributed by atoms with Crippen molar-refractivity contribution in [2.24, 2.45) is 0 Å². The minimum Gasteiger partial charge on any atom is -0.456 e. The van der Waals surface area contributed by atoms with Gasteiger partial charge in [0.2, 0.25) is 0 Å². The lowest BCUT2D eigenvalue weighted by molar-refractivity contribution is 0.437. The summed E-state index contributed by atoms with van der Waals surface area (Å²) in [5.41, 5.74) is 26.8. The molecule has 19 aromatic rings.